The molecule has 3 rings (SSSR count). The first-order chi connectivity index (χ1) is 8.74. The van der Waals surface area contributed by atoms with Gasteiger partial charge in [0.1, 0.15) is 0 Å². The van der Waals surface area contributed by atoms with Crippen LogP contribution in [0.1, 0.15) is 0 Å². The van der Waals surface area contributed by atoms with E-state index in [2.05, 4.69) is 9.97 Å². The highest BCUT2D eigenvalue weighted by atomic mass is 19.1. The van der Waals surface area contributed by atoms with Crippen LogP contribution in [-0.4, -0.2) is 9.97 Å². The molecule has 0 saturated heterocycles. The van der Waals surface area contributed by atoms with Crippen LogP contribution in [0.15, 0.2) is 48.8 Å². The lowest BCUT2D eigenvalue weighted by molar-refractivity contribution is 0.513. The second-order valence-electron chi connectivity index (χ2n) is 3.91. The third-order valence-corrected chi connectivity index (χ3v) is 2.74. The van der Waals surface area contributed by atoms with Gasteiger partial charge in [-0.05, 0) is 10.9 Å². The summed E-state index contributed by atoms with van der Waals surface area (Å²) in [5, 5.41) is 1.82. The fraction of sp³-hybridized carbons (Fsp3) is 0. The first-order valence-corrected chi connectivity index (χ1v) is 5.40. The molecule has 0 saturated carbocycles. The standard InChI is InChI=1S/C14H8F2N2/c15-13-5-10(6-14(16)18-13)12-8-17-7-9-3-1-2-4-11(9)12/h1-8H. The lowest BCUT2D eigenvalue weighted by Gasteiger charge is -2.06. The zero-order valence-electron chi connectivity index (χ0n) is 9.27. The Morgan fingerprint density at radius 3 is 2.39 bits per heavy atom. The number of hydrogen-bond donors (Lipinski definition) is 0. The lowest BCUT2D eigenvalue weighted by Crippen LogP contribution is -1.91. The minimum absolute atomic E-state index is 0.435. The SMILES string of the molecule is Fc1cc(-c2cncc3ccccc23)cc(F)n1. The van der Waals surface area contributed by atoms with Gasteiger partial charge in [-0.1, -0.05) is 24.3 Å². The molecule has 0 N–H and O–H groups in total. The molecule has 0 aliphatic carbocycles. The number of halogens is 2. The van der Waals surface area contributed by atoms with Crippen molar-refractivity contribution in [3.05, 3.63) is 60.7 Å². The lowest BCUT2D eigenvalue weighted by atomic mass is 10.0. The highest BCUT2D eigenvalue weighted by Crippen LogP contribution is 2.27. The highest BCUT2D eigenvalue weighted by molar-refractivity contribution is 5.95. The fourth-order valence-electron chi connectivity index (χ4n) is 1.97. The van der Waals surface area contributed by atoms with Crippen LogP contribution < -0.4 is 0 Å². The van der Waals surface area contributed by atoms with Gasteiger partial charge in [0.25, 0.3) is 0 Å². The van der Waals surface area contributed by atoms with Gasteiger partial charge >= 0.3 is 0 Å². The van der Waals surface area contributed by atoms with Crippen LogP contribution in [0, 0.1) is 11.9 Å². The summed E-state index contributed by atoms with van der Waals surface area (Å²) >= 11 is 0. The van der Waals surface area contributed by atoms with E-state index >= 15 is 0 Å². The number of benzene rings is 1. The van der Waals surface area contributed by atoms with E-state index in [9.17, 15) is 8.78 Å². The summed E-state index contributed by atoms with van der Waals surface area (Å²) in [6, 6.07) is 9.96. The molecule has 0 fully saturated rings. The van der Waals surface area contributed by atoms with Gasteiger partial charge in [-0.3, -0.25) is 4.98 Å². The van der Waals surface area contributed by atoms with Crippen molar-refractivity contribution in [2.45, 2.75) is 0 Å². The molecule has 0 atom stereocenters. The second-order valence-corrected chi connectivity index (χ2v) is 3.91. The molecule has 3 aromatic rings. The summed E-state index contributed by atoms with van der Waals surface area (Å²) in [7, 11) is 0. The van der Waals surface area contributed by atoms with Gasteiger partial charge < -0.3 is 0 Å². The van der Waals surface area contributed by atoms with E-state index in [4.69, 9.17) is 0 Å². The summed E-state index contributed by atoms with van der Waals surface area (Å²) < 4.78 is 26.3. The monoisotopic (exact) mass is 242 g/mol. The fourth-order valence-corrected chi connectivity index (χ4v) is 1.97. The topological polar surface area (TPSA) is 25.8 Å². The largest absolute Gasteiger partial charge is 0.263 e. The maximum atomic E-state index is 13.1. The van der Waals surface area contributed by atoms with Crippen LogP contribution in [0.5, 0.6) is 0 Å². The van der Waals surface area contributed by atoms with Crippen molar-refractivity contribution >= 4 is 10.8 Å². The van der Waals surface area contributed by atoms with Gasteiger partial charge in [-0.15, -0.1) is 0 Å². The second kappa shape index (κ2) is 4.14. The molecule has 0 radical (unpaired) electrons. The number of fused-ring (bicyclic) bond motifs is 1. The maximum absolute atomic E-state index is 13.1. The third-order valence-electron chi connectivity index (χ3n) is 2.74. The van der Waals surface area contributed by atoms with E-state index in [0.29, 0.717) is 11.1 Å². The van der Waals surface area contributed by atoms with Crippen LogP contribution in [0.4, 0.5) is 8.78 Å². The molecular formula is C14H8F2N2. The van der Waals surface area contributed by atoms with E-state index in [1.807, 2.05) is 24.3 Å². The number of aromatic nitrogens is 2. The summed E-state index contributed by atoms with van der Waals surface area (Å²) in [6.45, 7) is 0. The highest BCUT2D eigenvalue weighted by Gasteiger charge is 2.07. The molecule has 18 heavy (non-hydrogen) atoms. The van der Waals surface area contributed by atoms with E-state index < -0.39 is 11.9 Å². The Balaban J connectivity index is 2.31. The average molecular weight is 242 g/mol. The molecule has 0 bridgehead atoms. The van der Waals surface area contributed by atoms with Crippen LogP contribution in [0.25, 0.3) is 21.9 Å². The normalized spacial score (nSPS) is 10.8. The molecule has 2 aromatic heterocycles. The zero-order chi connectivity index (χ0) is 12.5. The van der Waals surface area contributed by atoms with Gasteiger partial charge in [0.2, 0.25) is 11.9 Å². The molecule has 0 unspecified atom stereocenters. The number of nitrogens with zero attached hydrogens (tertiary/aromatic N) is 2. The predicted octanol–water partition coefficient (Wildman–Crippen LogP) is 3.58. The van der Waals surface area contributed by atoms with Crippen molar-refractivity contribution in [1.29, 1.82) is 0 Å². The van der Waals surface area contributed by atoms with Crippen LogP contribution >= 0.6 is 0 Å². The van der Waals surface area contributed by atoms with Gasteiger partial charge in [0.15, 0.2) is 0 Å². The Morgan fingerprint density at radius 2 is 1.61 bits per heavy atom. The minimum Gasteiger partial charge on any atom is -0.263 e. The molecule has 1 aromatic carbocycles. The van der Waals surface area contributed by atoms with E-state index in [0.717, 1.165) is 10.8 Å². The van der Waals surface area contributed by atoms with E-state index in [1.165, 1.54) is 12.1 Å². The molecule has 0 amide bonds. The number of hydrogen-bond acceptors (Lipinski definition) is 2. The summed E-state index contributed by atoms with van der Waals surface area (Å²) in [6.07, 6.45) is 3.31. The first-order valence-electron chi connectivity index (χ1n) is 5.40. The molecular weight excluding hydrogens is 234 g/mol. The summed E-state index contributed by atoms with van der Waals surface area (Å²) in [5.41, 5.74) is 1.12. The molecule has 0 aliphatic rings. The Kier molecular flexibility index (Phi) is 2.48. The molecule has 2 heterocycles. The van der Waals surface area contributed by atoms with Crippen molar-refractivity contribution < 1.29 is 8.78 Å². The average Bonchev–Trinajstić information content (AvgIpc) is 2.37. The summed E-state index contributed by atoms with van der Waals surface area (Å²) in [4.78, 5) is 7.17. The zero-order valence-corrected chi connectivity index (χ0v) is 9.27. The first kappa shape index (κ1) is 10.8. The van der Waals surface area contributed by atoms with Crippen LogP contribution in [0.2, 0.25) is 0 Å². The van der Waals surface area contributed by atoms with Gasteiger partial charge in [0, 0.05) is 35.5 Å². The predicted molar refractivity (Wildman–Crippen MR) is 64.9 cm³/mol. The number of rotatable bonds is 1. The Bertz CT molecular complexity index is 700. The maximum Gasteiger partial charge on any atom is 0.216 e. The van der Waals surface area contributed by atoms with Crippen molar-refractivity contribution in [2.75, 3.05) is 0 Å². The van der Waals surface area contributed by atoms with Crippen molar-refractivity contribution in [1.82, 2.24) is 9.97 Å². The van der Waals surface area contributed by atoms with E-state index in [1.54, 1.807) is 12.4 Å². The smallest absolute Gasteiger partial charge is 0.216 e. The molecule has 0 aliphatic heterocycles. The Hall–Kier alpha value is -2.36. The molecule has 88 valence electrons. The van der Waals surface area contributed by atoms with Crippen molar-refractivity contribution in [2.24, 2.45) is 0 Å². The quantitative estimate of drug-likeness (QED) is 0.609. The minimum atomic E-state index is -0.835. The molecule has 4 heteroatoms. The van der Waals surface area contributed by atoms with Crippen molar-refractivity contribution in [3.63, 3.8) is 0 Å². The van der Waals surface area contributed by atoms with E-state index in [-0.39, 0.29) is 0 Å². The van der Waals surface area contributed by atoms with Gasteiger partial charge in [-0.2, -0.15) is 13.8 Å². The van der Waals surface area contributed by atoms with Gasteiger partial charge in [-0.25, -0.2) is 0 Å². The Morgan fingerprint density at radius 1 is 0.889 bits per heavy atom. The number of pyridine rings is 2. The van der Waals surface area contributed by atoms with Crippen LogP contribution in [-0.2, 0) is 0 Å². The molecule has 0 spiro atoms. The van der Waals surface area contributed by atoms with Crippen molar-refractivity contribution in [3.8, 4) is 11.1 Å². The Labute approximate surface area is 102 Å². The van der Waals surface area contributed by atoms with Gasteiger partial charge in [0.05, 0.1) is 0 Å². The third kappa shape index (κ3) is 1.82. The summed E-state index contributed by atoms with van der Waals surface area (Å²) in [5.74, 6) is -1.67. The van der Waals surface area contributed by atoms with Crippen LogP contribution in [0.3, 0.4) is 0 Å². The molecule has 2 nitrogen and oxygen atoms in total.